The van der Waals surface area contributed by atoms with E-state index < -0.39 is 0 Å². The number of morpholine rings is 1. The molecule has 0 bridgehead atoms. The molecule has 6 heteroatoms. The third kappa shape index (κ3) is 6.38. The fourth-order valence-corrected chi connectivity index (χ4v) is 2.30. The van der Waals surface area contributed by atoms with E-state index in [4.69, 9.17) is 9.47 Å². The highest BCUT2D eigenvalue weighted by atomic mass is 16.5. The van der Waals surface area contributed by atoms with Crippen LogP contribution in [0.15, 0.2) is 30.3 Å². The van der Waals surface area contributed by atoms with Gasteiger partial charge in [-0.3, -0.25) is 9.59 Å². The average molecular weight is 320 g/mol. The summed E-state index contributed by atoms with van der Waals surface area (Å²) in [5.41, 5.74) is 1.13. The molecule has 126 valence electrons. The summed E-state index contributed by atoms with van der Waals surface area (Å²) >= 11 is 0. The monoisotopic (exact) mass is 320 g/mol. The Kier molecular flexibility index (Phi) is 7.03. The summed E-state index contributed by atoms with van der Waals surface area (Å²) in [6, 6.07) is 9.95. The van der Waals surface area contributed by atoms with Crippen molar-refractivity contribution in [2.24, 2.45) is 0 Å². The van der Waals surface area contributed by atoms with Crippen LogP contribution in [0.3, 0.4) is 0 Å². The van der Waals surface area contributed by atoms with E-state index >= 15 is 0 Å². The number of hydrogen-bond donors (Lipinski definition) is 1. The van der Waals surface area contributed by atoms with Crippen LogP contribution in [0.4, 0.5) is 0 Å². The van der Waals surface area contributed by atoms with Crippen LogP contribution in [-0.2, 0) is 25.7 Å². The number of hydrogen-bond acceptors (Lipinski definition) is 4. The van der Waals surface area contributed by atoms with Gasteiger partial charge in [-0.2, -0.15) is 0 Å². The van der Waals surface area contributed by atoms with Gasteiger partial charge in [-0.05, 0) is 12.0 Å². The van der Waals surface area contributed by atoms with Gasteiger partial charge in [0.2, 0.25) is 11.8 Å². The Morgan fingerprint density at radius 3 is 2.91 bits per heavy atom. The molecule has 1 fully saturated rings. The number of carbonyl (C=O) groups is 2. The van der Waals surface area contributed by atoms with E-state index in [0.29, 0.717) is 39.1 Å². The fraction of sp³-hybridized carbons (Fsp3) is 0.529. The van der Waals surface area contributed by atoms with Crippen LogP contribution in [0, 0.1) is 0 Å². The molecular formula is C17H24N2O4. The molecule has 1 heterocycles. The lowest BCUT2D eigenvalue weighted by Gasteiger charge is -2.29. The Balaban J connectivity index is 1.51. The summed E-state index contributed by atoms with van der Waals surface area (Å²) < 4.78 is 10.9. The van der Waals surface area contributed by atoms with E-state index in [1.54, 1.807) is 11.9 Å². The van der Waals surface area contributed by atoms with Crippen LogP contribution in [0.2, 0.25) is 0 Å². The van der Waals surface area contributed by atoms with Crippen LogP contribution in [-0.4, -0.2) is 56.2 Å². The van der Waals surface area contributed by atoms with Gasteiger partial charge in [0, 0.05) is 33.2 Å². The van der Waals surface area contributed by atoms with E-state index in [-0.39, 0.29) is 24.5 Å². The first-order chi connectivity index (χ1) is 11.1. The zero-order valence-corrected chi connectivity index (χ0v) is 13.5. The van der Waals surface area contributed by atoms with Crippen molar-refractivity contribution in [2.75, 3.05) is 33.4 Å². The molecule has 1 aliphatic rings. The lowest BCUT2D eigenvalue weighted by atomic mass is 10.2. The first kappa shape index (κ1) is 17.4. The normalized spacial score (nSPS) is 18.0. The van der Waals surface area contributed by atoms with Gasteiger partial charge in [0.05, 0.1) is 12.7 Å². The van der Waals surface area contributed by atoms with Crippen LogP contribution < -0.4 is 5.32 Å². The Bertz CT molecular complexity index is 507. The standard InChI is InChI=1S/C17H24N2O4/c1-19-11-15(23-13-17(19)21)10-18-16(20)8-5-9-22-12-14-6-3-2-4-7-14/h2-4,6-7,15H,5,8-13H2,1H3,(H,18,20)/t15-/m0/s1. The van der Waals surface area contributed by atoms with Crippen LogP contribution in [0.1, 0.15) is 18.4 Å². The minimum atomic E-state index is -0.129. The molecule has 1 aromatic carbocycles. The zero-order chi connectivity index (χ0) is 16.5. The molecule has 0 saturated carbocycles. The lowest BCUT2D eigenvalue weighted by molar-refractivity contribution is -0.146. The molecule has 0 aliphatic carbocycles. The SMILES string of the molecule is CN1C[C@H](CNC(=O)CCCOCc2ccccc2)OCC1=O. The predicted molar refractivity (Wildman–Crippen MR) is 85.7 cm³/mol. The molecule has 6 nitrogen and oxygen atoms in total. The number of benzene rings is 1. The molecule has 0 unspecified atom stereocenters. The maximum Gasteiger partial charge on any atom is 0.248 e. The Labute approximate surface area is 136 Å². The summed E-state index contributed by atoms with van der Waals surface area (Å²) in [5, 5.41) is 2.84. The predicted octanol–water partition coefficient (Wildman–Crippen LogP) is 0.957. The van der Waals surface area contributed by atoms with E-state index in [1.807, 2.05) is 30.3 Å². The zero-order valence-electron chi connectivity index (χ0n) is 13.5. The quantitative estimate of drug-likeness (QED) is 0.725. The topological polar surface area (TPSA) is 67.9 Å². The summed E-state index contributed by atoms with van der Waals surface area (Å²) in [6.07, 6.45) is 0.981. The van der Waals surface area contributed by atoms with Crippen LogP contribution in [0.25, 0.3) is 0 Å². The van der Waals surface area contributed by atoms with Gasteiger partial charge in [0.1, 0.15) is 6.61 Å². The second-order valence-electron chi connectivity index (χ2n) is 5.65. The summed E-state index contributed by atoms with van der Waals surface area (Å²) in [4.78, 5) is 24.7. The van der Waals surface area contributed by atoms with Crippen molar-refractivity contribution in [2.45, 2.75) is 25.6 Å². The number of ether oxygens (including phenoxy) is 2. The van der Waals surface area contributed by atoms with E-state index in [9.17, 15) is 9.59 Å². The maximum absolute atomic E-state index is 11.8. The highest BCUT2D eigenvalue weighted by Gasteiger charge is 2.23. The number of nitrogens with one attached hydrogen (secondary N) is 1. The lowest BCUT2D eigenvalue weighted by Crippen LogP contribution is -2.48. The Morgan fingerprint density at radius 1 is 1.39 bits per heavy atom. The summed E-state index contributed by atoms with van der Waals surface area (Å²) in [7, 11) is 1.74. The molecule has 1 N–H and O–H groups in total. The molecule has 0 radical (unpaired) electrons. The maximum atomic E-state index is 11.8. The second kappa shape index (κ2) is 9.27. The molecule has 1 atom stereocenters. The molecule has 0 spiro atoms. The Morgan fingerprint density at radius 2 is 2.17 bits per heavy atom. The van der Waals surface area contributed by atoms with Crippen molar-refractivity contribution < 1.29 is 19.1 Å². The van der Waals surface area contributed by atoms with Crippen LogP contribution >= 0.6 is 0 Å². The van der Waals surface area contributed by atoms with E-state index in [1.165, 1.54) is 0 Å². The van der Waals surface area contributed by atoms with Crippen molar-refractivity contribution in [1.82, 2.24) is 10.2 Å². The van der Waals surface area contributed by atoms with Gasteiger partial charge in [-0.1, -0.05) is 30.3 Å². The highest BCUT2D eigenvalue weighted by Crippen LogP contribution is 2.04. The van der Waals surface area contributed by atoms with Crippen molar-refractivity contribution >= 4 is 11.8 Å². The van der Waals surface area contributed by atoms with Crippen LogP contribution in [0.5, 0.6) is 0 Å². The number of amides is 2. The molecule has 1 saturated heterocycles. The first-order valence-electron chi connectivity index (χ1n) is 7.89. The molecular weight excluding hydrogens is 296 g/mol. The minimum absolute atomic E-state index is 0.0172. The van der Waals surface area contributed by atoms with E-state index in [2.05, 4.69) is 5.32 Å². The number of rotatable bonds is 8. The second-order valence-corrected chi connectivity index (χ2v) is 5.65. The minimum Gasteiger partial charge on any atom is -0.377 e. The third-order valence-corrected chi connectivity index (χ3v) is 3.68. The fourth-order valence-electron chi connectivity index (χ4n) is 2.30. The Hall–Kier alpha value is -1.92. The first-order valence-corrected chi connectivity index (χ1v) is 7.89. The number of likely N-dealkylation sites (N-methyl/N-ethyl adjacent to an activating group) is 1. The smallest absolute Gasteiger partial charge is 0.248 e. The van der Waals surface area contributed by atoms with Gasteiger partial charge >= 0.3 is 0 Å². The van der Waals surface area contributed by atoms with Gasteiger partial charge in [0.25, 0.3) is 0 Å². The number of nitrogens with zero attached hydrogens (tertiary/aromatic N) is 1. The van der Waals surface area contributed by atoms with Crippen molar-refractivity contribution in [3.8, 4) is 0 Å². The van der Waals surface area contributed by atoms with Gasteiger partial charge in [-0.15, -0.1) is 0 Å². The summed E-state index contributed by atoms with van der Waals surface area (Å²) in [5.74, 6) is -0.0420. The number of carbonyl (C=O) groups excluding carboxylic acids is 2. The summed E-state index contributed by atoms with van der Waals surface area (Å²) in [6.45, 7) is 2.16. The van der Waals surface area contributed by atoms with Crippen molar-refractivity contribution in [1.29, 1.82) is 0 Å². The molecule has 1 aliphatic heterocycles. The van der Waals surface area contributed by atoms with Crippen molar-refractivity contribution in [3.63, 3.8) is 0 Å². The van der Waals surface area contributed by atoms with E-state index in [0.717, 1.165) is 5.56 Å². The third-order valence-electron chi connectivity index (χ3n) is 3.68. The van der Waals surface area contributed by atoms with Gasteiger partial charge < -0.3 is 19.7 Å². The highest BCUT2D eigenvalue weighted by molar-refractivity contribution is 5.78. The molecule has 2 amide bonds. The molecule has 23 heavy (non-hydrogen) atoms. The molecule has 1 aromatic rings. The molecule has 0 aromatic heterocycles. The van der Waals surface area contributed by atoms with Gasteiger partial charge in [-0.25, -0.2) is 0 Å². The largest absolute Gasteiger partial charge is 0.377 e. The average Bonchev–Trinajstić information content (AvgIpc) is 2.56. The van der Waals surface area contributed by atoms with Gasteiger partial charge in [0.15, 0.2) is 0 Å². The molecule has 2 rings (SSSR count). The van der Waals surface area contributed by atoms with Crippen molar-refractivity contribution in [3.05, 3.63) is 35.9 Å².